The third kappa shape index (κ3) is 4.06. The first-order valence-corrected chi connectivity index (χ1v) is 9.32. The van der Waals surface area contributed by atoms with Crippen LogP contribution in [0.5, 0.6) is 0 Å². The molecule has 0 aliphatic carbocycles. The molecule has 0 radical (unpaired) electrons. The van der Waals surface area contributed by atoms with E-state index >= 15 is 0 Å². The third-order valence-electron chi connectivity index (χ3n) is 4.79. The number of rotatable bonds is 5. The van der Waals surface area contributed by atoms with E-state index in [1.165, 1.54) is 0 Å². The highest BCUT2D eigenvalue weighted by molar-refractivity contribution is 5.92. The minimum atomic E-state index is -0.238. The van der Waals surface area contributed by atoms with Crippen LogP contribution >= 0.6 is 0 Å². The summed E-state index contributed by atoms with van der Waals surface area (Å²) in [7, 11) is 0. The smallest absolute Gasteiger partial charge is 0.273 e. The SMILES string of the molecule is Cc1cccc2cc(CN(Cc3cccnc3)C(=O)c3ccccn3)c(=O)[nH]c12. The number of benzene rings is 1. The standard InChI is InChI=1S/C23H20N4O2/c1-16-6-4-8-18-12-19(22(28)26-21(16)18)15-27(14-17-7-5-10-24-13-17)23(29)20-9-2-3-11-25-20/h2-13H,14-15H2,1H3,(H,26,28). The normalized spacial score (nSPS) is 10.8. The van der Waals surface area contributed by atoms with E-state index < -0.39 is 0 Å². The van der Waals surface area contributed by atoms with Gasteiger partial charge in [-0.25, -0.2) is 0 Å². The zero-order valence-electron chi connectivity index (χ0n) is 16.0. The minimum absolute atomic E-state index is 0.170. The van der Waals surface area contributed by atoms with Gasteiger partial charge in [-0.1, -0.05) is 30.3 Å². The number of amides is 1. The number of H-pyrrole nitrogens is 1. The quantitative estimate of drug-likeness (QED) is 0.571. The van der Waals surface area contributed by atoms with Crippen LogP contribution in [0.4, 0.5) is 0 Å². The Hall–Kier alpha value is -3.80. The molecule has 0 aliphatic rings. The number of aromatic nitrogens is 3. The number of aromatic amines is 1. The van der Waals surface area contributed by atoms with Crippen LogP contribution in [0.3, 0.4) is 0 Å². The van der Waals surface area contributed by atoms with E-state index in [1.807, 2.05) is 43.3 Å². The number of pyridine rings is 3. The fourth-order valence-electron chi connectivity index (χ4n) is 3.31. The Morgan fingerprint density at radius 1 is 1.03 bits per heavy atom. The molecule has 4 rings (SSSR count). The van der Waals surface area contributed by atoms with E-state index in [0.717, 1.165) is 22.0 Å². The monoisotopic (exact) mass is 384 g/mol. The summed E-state index contributed by atoms with van der Waals surface area (Å²) in [5.41, 5.74) is 3.36. The Labute approximate surface area is 167 Å². The van der Waals surface area contributed by atoms with Gasteiger partial charge in [-0.3, -0.25) is 19.6 Å². The predicted octanol–water partition coefficient (Wildman–Crippen LogP) is 3.47. The number of nitrogens with zero attached hydrogens (tertiary/aromatic N) is 3. The summed E-state index contributed by atoms with van der Waals surface area (Å²) in [6.07, 6.45) is 4.98. The highest BCUT2D eigenvalue weighted by Gasteiger charge is 2.19. The van der Waals surface area contributed by atoms with Crippen LogP contribution in [-0.2, 0) is 13.1 Å². The first kappa shape index (κ1) is 18.6. The van der Waals surface area contributed by atoms with Crippen molar-refractivity contribution in [3.63, 3.8) is 0 Å². The second-order valence-corrected chi connectivity index (χ2v) is 6.90. The number of aryl methyl sites for hydroxylation is 1. The maximum atomic E-state index is 13.1. The van der Waals surface area contributed by atoms with Gasteiger partial charge in [0, 0.05) is 30.7 Å². The summed E-state index contributed by atoms with van der Waals surface area (Å²) in [4.78, 5) is 38.7. The molecule has 0 spiro atoms. The van der Waals surface area contributed by atoms with Gasteiger partial charge in [-0.15, -0.1) is 0 Å². The topological polar surface area (TPSA) is 79.0 Å². The summed E-state index contributed by atoms with van der Waals surface area (Å²) >= 11 is 0. The molecule has 6 nitrogen and oxygen atoms in total. The molecule has 1 amide bonds. The van der Waals surface area contributed by atoms with Crippen LogP contribution in [0.15, 0.2) is 78.0 Å². The number of para-hydroxylation sites is 1. The summed E-state index contributed by atoms with van der Waals surface area (Å²) < 4.78 is 0. The van der Waals surface area contributed by atoms with Crippen LogP contribution in [0.25, 0.3) is 10.9 Å². The Kier molecular flexibility index (Phi) is 5.16. The van der Waals surface area contributed by atoms with Crippen molar-refractivity contribution in [3.05, 3.63) is 106 Å². The molecule has 0 saturated heterocycles. The van der Waals surface area contributed by atoms with Crippen LogP contribution in [-0.4, -0.2) is 25.8 Å². The summed E-state index contributed by atoms with van der Waals surface area (Å²) in [5, 5.41) is 0.936. The molecule has 0 fully saturated rings. The van der Waals surface area contributed by atoms with Gasteiger partial charge in [-0.2, -0.15) is 0 Å². The maximum absolute atomic E-state index is 13.1. The van der Waals surface area contributed by atoms with E-state index in [9.17, 15) is 9.59 Å². The molecule has 0 atom stereocenters. The number of carbonyl (C=O) groups excluding carboxylic acids is 1. The lowest BCUT2D eigenvalue weighted by atomic mass is 10.1. The van der Waals surface area contributed by atoms with Gasteiger partial charge in [0.05, 0.1) is 12.1 Å². The van der Waals surface area contributed by atoms with E-state index in [-0.39, 0.29) is 18.0 Å². The van der Waals surface area contributed by atoms with Crippen molar-refractivity contribution in [2.75, 3.05) is 0 Å². The van der Waals surface area contributed by atoms with Crippen LogP contribution in [0.2, 0.25) is 0 Å². The molecular formula is C23H20N4O2. The first-order chi connectivity index (χ1) is 14.1. The van der Waals surface area contributed by atoms with Crippen molar-refractivity contribution in [2.45, 2.75) is 20.0 Å². The molecule has 1 aromatic carbocycles. The average Bonchev–Trinajstić information content (AvgIpc) is 2.75. The highest BCUT2D eigenvalue weighted by Crippen LogP contribution is 2.17. The van der Waals surface area contributed by atoms with Crippen molar-refractivity contribution in [1.29, 1.82) is 0 Å². The van der Waals surface area contributed by atoms with E-state index in [0.29, 0.717) is 17.8 Å². The summed E-state index contributed by atoms with van der Waals surface area (Å²) in [6, 6.07) is 16.6. The van der Waals surface area contributed by atoms with E-state index in [4.69, 9.17) is 0 Å². The minimum Gasteiger partial charge on any atom is -0.328 e. The molecule has 0 aliphatic heterocycles. The fourth-order valence-corrected chi connectivity index (χ4v) is 3.31. The highest BCUT2D eigenvalue weighted by atomic mass is 16.2. The number of nitrogens with one attached hydrogen (secondary N) is 1. The third-order valence-corrected chi connectivity index (χ3v) is 4.79. The van der Waals surface area contributed by atoms with Gasteiger partial charge in [0.1, 0.15) is 5.69 Å². The van der Waals surface area contributed by atoms with Crippen LogP contribution in [0.1, 0.15) is 27.2 Å². The fraction of sp³-hybridized carbons (Fsp3) is 0.130. The Balaban J connectivity index is 1.71. The first-order valence-electron chi connectivity index (χ1n) is 9.32. The largest absolute Gasteiger partial charge is 0.328 e. The Morgan fingerprint density at radius 2 is 1.93 bits per heavy atom. The van der Waals surface area contributed by atoms with Gasteiger partial charge < -0.3 is 9.88 Å². The molecule has 3 aromatic heterocycles. The second kappa shape index (κ2) is 8.06. The molecule has 144 valence electrons. The van der Waals surface area contributed by atoms with E-state index in [2.05, 4.69) is 15.0 Å². The Bertz CT molecular complexity index is 1200. The molecule has 3 heterocycles. The molecule has 0 bridgehead atoms. The molecule has 0 unspecified atom stereocenters. The van der Waals surface area contributed by atoms with Gasteiger partial charge >= 0.3 is 0 Å². The second-order valence-electron chi connectivity index (χ2n) is 6.90. The van der Waals surface area contributed by atoms with Crippen LogP contribution < -0.4 is 5.56 Å². The van der Waals surface area contributed by atoms with Gasteiger partial charge in [0.25, 0.3) is 11.5 Å². The molecular weight excluding hydrogens is 364 g/mol. The number of hydrogen-bond acceptors (Lipinski definition) is 4. The van der Waals surface area contributed by atoms with Gasteiger partial charge in [-0.05, 0) is 47.7 Å². The zero-order valence-corrected chi connectivity index (χ0v) is 16.0. The number of fused-ring (bicyclic) bond motifs is 1. The van der Waals surface area contributed by atoms with Crippen molar-refractivity contribution >= 4 is 16.8 Å². The van der Waals surface area contributed by atoms with Gasteiger partial charge in [0.2, 0.25) is 0 Å². The van der Waals surface area contributed by atoms with E-state index in [1.54, 1.807) is 41.7 Å². The Morgan fingerprint density at radius 3 is 2.69 bits per heavy atom. The molecule has 29 heavy (non-hydrogen) atoms. The lowest BCUT2D eigenvalue weighted by Gasteiger charge is -2.22. The summed E-state index contributed by atoms with van der Waals surface area (Å²) in [5.74, 6) is -0.238. The van der Waals surface area contributed by atoms with Crippen molar-refractivity contribution in [3.8, 4) is 0 Å². The molecule has 1 N–H and O–H groups in total. The summed E-state index contributed by atoms with van der Waals surface area (Å²) in [6.45, 7) is 2.45. The molecule has 6 heteroatoms. The van der Waals surface area contributed by atoms with Crippen molar-refractivity contribution in [2.24, 2.45) is 0 Å². The van der Waals surface area contributed by atoms with Gasteiger partial charge in [0.15, 0.2) is 0 Å². The predicted molar refractivity (Wildman–Crippen MR) is 111 cm³/mol. The number of carbonyl (C=O) groups is 1. The lowest BCUT2D eigenvalue weighted by molar-refractivity contribution is 0.0723. The average molecular weight is 384 g/mol. The number of hydrogen-bond donors (Lipinski definition) is 1. The zero-order chi connectivity index (χ0) is 20.2. The maximum Gasteiger partial charge on any atom is 0.273 e. The van der Waals surface area contributed by atoms with Crippen molar-refractivity contribution in [1.82, 2.24) is 19.9 Å². The van der Waals surface area contributed by atoms with Crippen molar-refractivity contribution < 1.29 is 4.79 Å². The molecule has 0 saturated carbocycles. The molecule has 4 aromatic rings. The lowest BCUT2D eigenvalue weighted by Crippen LogP contribution is -2.33. The van der Waals surface area contributed by atoms with Crippen LogP contribution in [0, 0.1) is 6.92 Å².